The molecule has 0 aliphatic heterocycles. The molecule has 1 saturated carbocycles. The molecule has 0 bridgehead atoms. The van der Waals surface area contributed by atoms with E-state index in [4.69, 9.17) is 14.6 Å². The first-order valence-electron chi connectivity index (χ1n) is 7.31. The van der Waals surface area contributed by atoms with Crippen LogP contribution >= 0.6 is 0 Å². The van der Waals surface area contributed by atoms with Crippen molar-refractivity contribution in [2.45, 2.75) is 25.3 Å². The third-order valence-corrected chi connectivity index (χ3v) is 4.06. The van der Waals surface area contributed by atoms with Crippen LogP contribution in [0.3, 0.4) is 0 Å². The quantitative estimate of drug-likeness (QED) is 0.595. The van der Waals surface area contributed by atoms with Gasteiger partial charge in [0.15, 0.2) is 11.5 Å². The third-order valence-electron chi connectivity index (χ3n) is 4.06. The van der Waals surface area contributed by atoms with Gasteiger partial charge in [-0.15, -0.1) is 0 Å². The van der Waals surface area contributed by atoms with E-state index in [0.29, 0.717) is 19.3 Å². The van der Waals surface area contributed by atoms with E-state index < -0.39 is 28.4 Å². The molecule has 0 spiro atoms. The minimum Gasteiger partial charge on any atom is -0.493 e. The summed E-state index contributed by atoms with van der Waals surface area (Å²) in [6.07, 6.45) is 1.29. The van der Waals surface area contributed by atoms with Gasteiger partial charge in [0.2, 0.25) is 0 Å². The maximum atomic E-state index is 12.4. The Labute approximate surface area is 137 Å². The minimum atomic E-state index is -0.899. The van der Waals surface area contributed by atoms with Crippen LogP contribution in [-0.4, -0.2) is 42.2 Å². The van der Waals surface area contributed by atoms with Gasteiger partial charge in [-0.2, -0.15) is 0 Å². The third kappa shape index (κ3) is 3.55. The van der Waals surface area contributed by atoms with Crippen molar-refractivity contribution in [1.82, 2.24) is 5.32 Å². The number of amides is 1. The first-order valence-corrected chi connectivity index (χ1v) is 7.31. The normalized spacial score (nSPS) is 19.6. The van der Waals surface area contributed by atoms with Crippen molar-refractivity contribution in [3.8, 4) is 11.5 Å². The summed E-state index contributed by atoms with van der Waals surface area (Å²) in [5.41, 5.74) is -0.561. The predicted octanol–water partition coefficient (Wildman–Crippen LogP) is 1.60. The molecule has 0 saturated heterocycles. The van der Waals surface area contributed by atoms with Crippen molar-refractivity contribution >= 4 is 17.6 Å². The van der Waals surface area contributed by atoms with E-state index >= 15 is 0 Å². The summed E-state index contributed by atoms with van der Waals surface area (Å²) in [6.45, 7) is 0. The molecule has 2 atom stereocenters. The monoisotopic (exact) mass is 338 g/mol. The average molecular weight is 338 g/mol. The van der Waals surface area contributed by atoms with Gasteiger partial charge in [0, 0.05) is 12.1 Å². The molecule has 24 heavy (non-hydrogen) atoms. The number of nitro benzene ring substituents is 1. The van der Waals surface area contributed by atoms with E-state index in [-0.39, 0.29) is 23.1 Å². The van der Waals surface area contributed by atoms with Gasteiger partial charge in [-0.1, -0.05) is 0 Å². The molecule has 1 aliphatic rings. The predicted molar refractivity (Wildman–Crippen MR) is 82.4 cm³/mol. The Kier molecular flexibility index (Phi) is 5.22. The summed E-state index contributed by atoms with van der Waals surface area (Å²) in [7, 11) is 2.70. The molecule has 9 nitrogen and oxygen atoms in total. The molecule has 1 aromatic carbocycles. The second-order valence-electron chi connectivity index (χ2n) is 5.50. The fourth-order valence-electron chi connectivity index (χ4n) is 2.80. The second-order valence-corrected chi connectivity index (χ2v) is 5.50. The molecule has 0 radical (unpaired) electrons. The van der Waals surface area contributed by atoms with Crippen molar-refractivity contribution in [2.24, 2.45) is 5.92 Å². The number of carbonyl (C=O) groups is 2. The standard InChI is InChI=1S/C15H18N2O7/c1-23-12-6-10(11(17(21)22)7-13(12)24-2)14(18)16-9-4-3-8(5-9)15(19)20/h6-9H,3-5H2,1-2H3,(H,16,18)(H,19,20)/t8-,9+/m1/s1. The van der Waals surface area contributed by atoms with Gasteiger partial charge in [0.05, 0.1) is 31.1 Å². The number of hydrogen-bond donors (Lipinski definition) is 2. The Morgan fingerprint density at radius 3 is 2.38 bits per heavy atom. The molecule has 2 rings (SSSR count). The highest BCUT2D eigenvalue weighted by Gasteiger charge is 2.32. The molecule has 1 aliphatic carbocycles. The molecule has 130 valence electrons. The summed E-state index contributed by atoms with van der Waals surface area (Å²) >= 11 is 0. The van der Waals surface area contributed by atoms with Gasteiger partial charge >= 0.3 is 5.97 Å². The maximum Gasteiger partial charge on any atom is 0.306 e. The summed E-state index contributed by atoms with van der Waals surface area (Å²) in [5.74, 6) is -1.70. The van der Waals surface area contributed by atoms with Crippen molar-refractivity contribution in [3.63, 3.8) is 0 Å². The van der Waals surface area contributed by atoms with Crippen LogP contribution in [0.25, 0.3) is 0 Å². The summed E-state index contributed by atoms with van der Waals surface area (Å²) in [5, 5.41) is 22.9. The first kappa shape index (κ1) is 17.5. The number of carboxylic acid groups (broad SMARTS) is 1. The highest BCUT2D eigenvalue weighted by Crippen LogP contribution is 2.35. The number of rotatable bonds is 6. The lowest BCUT2D eigenvalue weighted by Crippen LogP contribution is -2.33. The molecule has 1 aromatic rings. The summed E-state index contributed by atoms with van der Waals surface area (Å²) < 4.78 is 10.1. The molecular formula is C15H18N2O7. The molecule has 2 N–H and O–H groups in total. The lowest BCUT2D eigenvalue weighted by molar-refractivity contribution is -0.385. The average Bonchev–Trinajstić information content (AvgIpc) is 3.02. The van der Waals surface area contributed by atoms with Crippen LogP contribution in [0.4, 0.5) is 5.69 Å². The molecule has 0 heterocycles. The number of nitro groups is 1. The Balaban J connectivity index is 2.25. The van der Waals surface area contributed by atoms with E-state index in [1.165, 1.54) is 20.3 Å². The van der Waals surface area contributed by atoms with Gasteiger partial charge in [0.1, 0.15) is 5.56 Å². The van der Waals surface area contributed by atoms with E-state index in [1.54, 1.807) is 0 Å². The van der Waals surface area contributed by atoms with Gasteiger partial charge in [0.25, 0.3) is 11.6 Å². The SMILES string of the molecule is COc1cc(C(=O)N[C@H]2CC[C@@H](C(=O)O)C2)c([N+](=O)[O-])cc1OC. The van der Waals surface area contributed by atoms with Gasteiger partial charge in [-0.25, -0.2) is 0 Å². The van der Waals surface area contributed by atoms with Crippen molar-refractivity contribution in [3.05, 3.63) is 27.8 Å². The van der Waals surface area contributed by atoms with Crippen LogP contribution in [0.5, 0.6) is 11.5 Å². The highest BCUT2D eigenvalue weighted by molar-refractivity contribution is 5.99. The molecule has 9 heteroatoms. The number of aliphatic carboxylic acids is 1. The van der Waals surface area contributed by atoms with E-state index in [1.807, 2.05) is 0 Å². The van der Waals surface area contributed by atoms with Crippen LogP contribution in [0, 0.1) is 16.0 Å². The van der Waals surface area contributed by atoms with E-state index in [2.05, 4.69) is 5.32 Å². The Bertz CT molecular complexity index is 674. The van der Waals surface area contributed by atoms with Crippen LogP contribution in [0.1, 0.15) is 29.6 Å². The summed E-state index contributed by atoms with van der Waals surface area (Å²) in [4.78, 5) is 33.9. The molecule has 0 unspecified atom stereocenters. The summed E-state index contributed by atoms with van der Waals surface area (Å²) in [6, 6.07) is 2.05. The van der Waals surface area contributed by atoms with Crippen molar-refractivity contribution < 1.29 is 29.1 Å². The van der Waals surface area contributed by atoms with Gasteiger partial charge in [-0.05, 0) is 19.3 Å². The smallest absolute Gasteiger partial charge is 0.306 e. The lowest BCUT2D eigenvalue weighted by Gasteiger charge is -2.14. The highest BCUT2D eigenvalue weighted by atomic mass is 16.6. The number of methoxy groups -OCH3 is 2. The van der Waals surface area contributed by atoms with Crippen LogP contribution in [0.2, 0.25) is 0 Å². The number of carboxylic acids is 1. The van der Waals surface area contributed by atoms with E-state index in [0.717, 1.165) is 6.07 Å². The van der Waals surface area contributed by atoms with Crippen molar-refractivity contribution in [1.29, 1.82) is 0 Å². The largest absolute Gasteiger partial charge is 0.493 e. The molecule has 0 aromatic heterocycles. The van der Waals surface area contributed by atoms with Crippen LogP contribution in [-0.2, 0) is 4.79 Å². The fourth-order valence-corrected chi connectivity index (χ4v) is 2.80. The number of nitrogens with one attached hydrogen (secondary N) is 1. The number of nitrogens with zero attached hydrogens (tertiary/aromatic N) is 1. The number of hydrogen-bond acceptors (Lipinski definition) is 6. The Morgan fingerprint density at radius 2 is 1.88 bits per heavy atom. The van der Waals surface area contributed by atoms with Crippen LogP contribution in [0.15, 0.2) is 12.1 Å². The second kappa shape index (κ2) is 7.16. The Morgan fingerprint density at radius 1 is 1.25 bits per heavy atom. The Hall–Kier alpha value is -2.84. The zero-order chi connectivity index (χ0) is 17.9. The number of carbonyl (C=O) groups excluding carboxylic acids is 1. The van der Waals surface area contributed by atoms with Gasteiger partial charge < -0.3 is 19.9 Å². The number of benzene rings is 1. The molecule has 1 amide bonds. The number of ether oxygens (including phenoxy) is 2. The molecular weight excluding hydrogens is 320 g/mol. The van der Waals surface area contributed by atoms with Gasteiger partial charge in [-0.3, -0.25) is 19.7 Å². The topological polar surface area (TPSA) is 128 Å². The minimum absolute atomic E-state index is 0.146. The lowest BCUT2D eigenvalue weighted by atomic mass is 10.1. The van der Waals surface area contributed by atoms with Crippen molar-refractivity contribution in [2.75, 3.05) is 14.2 Å². The van der Waals surface area contributed by atoms with Crippen LogP contribution < -0.4 is 14.8 Å². The fraction of sp³-hybridized carbons (Fsp3) is 0.467. The first-order chi connectivity index (χ1) is 11.4. The van der Waals surface area contributed by atoms with E-state index in [9.17, 15) is 19.7 Å². The zero-order valence-corrected chi connectivity index (χ0v) is 13.3. The zero-order valence-electron chi connectivity index (χ0n) is 13.3. The molecule has 1 fully saturated rings. The maximum absolute atomic E-state index is 12.4.